The van der Waals surface area contributed by atoms with Crippen LogP contribution in [-0.4, -0.2) is 39.7 Å². The average Bonchev–Trinajstić information content (AvgIpc) is 2.83. The van der Waals surface area contributed by atoms with Gasteiger partial charge in [-0.3, -0.25) is 4.79 Å². The molecule has 0 bridgehead atoms. The van der Waals surface area contributed by atoms with E-state index >= 15 is 0 Å². The number of carbonyl (C=O) groups excluding carboxylic acids is 2. The SMILES string of the molecule is Cc1ccc(NC(=O)Nc2cc(-c3ccccc3C(=O)NS(C)(=O)=O)ccc2N(CC(C)C)CC(C)C)cc1. The van der Waals surface area contributed by atoms with E-state index in [1.165, 1.54) is 0 Å². The molecule has 3 amide bonds. The van der Waals surface area contributed by atoms with E-state index in [1.54, 1.807) is 24.3 Å². The summed E-state index contributed by atoms with van der Waals surface area (Å²) in [5.74, 6) is 0.0567. The van der Waals surface area contributed by atoms with Gasteiger partial charge >= 0.3 is 6.03 Å². The zero-order valence-corrected chi connectivity index (χ0v) is 24.2. The molecule has 0 heterocycles. The van der Waals surface area contributed by atoms with Crippen molar-refractivity contribution in [3.05, 3.63) is 77.9 Å². The van der Waals surface area contributed by atoms with Gasteiger partial charge < -0.3 is 15.5 Å². The Labute approximate surface area is 231 Å². The van der Waals surface area contributed by atoms with Crippen LogP contribution in [0.1, 0.15) is 43.6 Å². The first kappa shape index (κ1) is 29.7. The number of aryl methyl sites for hydroxylation is 1. The summed E-state index contributed by atoms with van der Waals surface area (Å²) >= 11 is 0. The zero-order valence-electron chi connectivity index (χ0n) is 23.4. The highest BCUT2D eigenvalue weighted by Crippen LogP contribution is 2.34. The normalized spacial score (nSPS) is 11.4. The third kappa shape index (κ3) is 8.85. The van der Waals surface area contributed by atoms with Crippen molar-refractivity contribution >= 4 is 39.0 Å². The van der Waals surface area contributed by atoms with Crippen molar-refractivity contribution in [3.8, 4) is 11.1 Å². The molecule has 3 aromatic rings. The van der Waals surface area contributed by atoms with Crippen LogP contribution in [0.25, 0.3) is 11.1 Å². The fourth-order valence-corrected chi connectivity index (χ4v) is 4.76. The van der Waals surface area contributed by atoms with Gasteiger partial charge in [0.25, 0.3) is 5.91 Å². The van der Waals surface area contributed by atoms with Gasteiger partial charge in [0, 0.05) is 24.3 Å². The maximum Gasteiger partial charge on any atom is 0.323 e. The fourth-order valence-electron chi connectivity index (χ4n) is 4.31. The Bertz CT molecular complexity index is 1410. The average molecular weight is 551 g/mol. The molecule has 0 aromatic heterocycles. The first-order valence-corrected chi connectivity index (χ1v) is 14.9. The summed E-state index contributed by atoms with van der Waals surface area (Å²) in [7, 11) is -3.74. The molecule has 3 aromatic carbocycles. The Kier molecular flexibility index (Phi) is 9.75. The first-order chi connectivity index (χ1) is 18.3. The number of sulfonamides is 1. The van der Waals surface area contributed by atoms with E-state index in [0.29, 0.717) is 34.3 Å². The van der Waals surface area contributed by atoms with Crippen molar-refractivity contribution in [2.24, 2.45) is 11.8 Å². The lowest BCUT2D eigenvalue weighted by molar-refractivity contribution is 0.0982. The molecule has 0 radical (unpaired) electrons. The molecule has 0 unspecified atom stereocenters. The molecular formula is C30H38N4O4S. The highest BCUT2D eigenvalue weighted by Gasteiger charge is 2.20. The van der Waals surface area contributed by atoms with Gasteiger partial charge in [0.1, 0.15) is 0 Å². The van der Waals surface area contributed by atoms with Crippen LogP contribution < -0.4 is 20.3 Å². The van der Waals surface area contributed by atoms with Crippen LogP contribution in [0.4, 0.5) is 21.9 Å². The number of hydrogen-bond acceptors (Lipinski definition) is 5. The molecule has 0 spiro atoms. The van der Waals surface area contributed by atoms with E-state index in [9.17, 15) is 18.0 Å². The number of amides is 3. The van der Waals surface area contributed by atoms with E-state index in [2.05, 4.69) is 43.2 Å². The molecule has 0 aliphatic rings. The number of nitrogens with zero attached hydrogens (tertiary/aromatic N) is 1. The second-order valence-corrected chi connectivity index (χ2v) is 12.4. The van der Waals surface area contributed by atoms with Crippen LogP contribution in [-0.2, 0) is 10.0 Å². The molecule has 0 aliphatic carbocycles. The van der Waals surface area contributed by atoms with Crippen molar-refractivity contribution in [1.29, 1.82) is 0 Å². The third-order valence-corrected chi connectivity index (χ3v) is 6.38. The van der Waals surface area contributed by atoms with Crippen LogP contribution in [0, 0.1) is 18.8 Å². The molecule has 0 atom stereocenters. The Morgan fingerprint density at radius 3 is 2.05 bits per heavy atom. The van der Waals surface area contributed by atoms with Crippen LogP contribution >= 0.6 is 0 Å². The summed E-state index contributed by atoms with van der Waals surface area (Å²) in [6, 6.07) is 19.6. The predicted molar refractivity (Wildman–Crippen MR) is 160 cm³/mol. The van der Waals surface area contributed by atoms with Crippen molar-refractivity contribution < 1.29 is 18.0 Å². The quantitative estimate of drug-likeness (QED) is 0.282. The molecular weight excluding hydrogens is 512 g/mol. The Hall–Kier alpha value is -3.85. The zero-order chi connectivity index (χ0) is 28.7. The maximum atomic E-state index is 13.1. The minimum atomic E-state index is -3.74. The van der Waals surface area contributed by atoms with Crippen molar-refractivity contribution in [2.75, 3.05) is 34.9 Å². The number of carbonyl (C=O) groups is 2. The minimum absolute atomic E-state index is 0.215. The maximum absolute atomic E-state index is 13.1. The van der Waals surface area contributed by atoms with Gasteiger partial charge in [-0.05, 0) is 60.2 Å². The molecule has 8 nitrogen and oxygen atoms in total. The largest absolute Gasteiger partial charge is 0.369 e. The second kappa shape index (κ2) is 12.8. The summed E-state index contributed by atoms with van der Waals surface area (Å²) in [4.78, 5) is 28.1. The van der Waals surface area contributed by atoms with E-state index in [-0.39, 0.29) is 5.56 Å². The Morgan fingerprint density at radius 2 is 1.46 bits per heavy atom. The van der Waals surface area contributed by atoms with E-state index in [4.69, 9.17) is 0 Å². The minimum Gasteiger partial charge on any atom is -0.369 e. The van der Waals surface area contributed by atoms with Crippen LogP contribution in [0.15, 0.2) is 66.7 Å². The lowest BCUT2D eigenvalue weighted by Crippen LogP contribution is -2.32. The summed E-state index contributed by atoms with van der Waals surface area (Å²) in [6.45, 7) is 12.2. The topological polar surface area (TPSA) is 108 Å². The summed E-state index contributed by atoms with van der Waals surface area (Å²) < 4.78 is 25.5. The molecule has 9 heteroatoms. The lowest BCUT2D eigenvalue weighted by Gasteiger charge is -2.31. The highest BCUT2D eigenvalue weighted by molar-refractivity contribution is 7.89. The molecule has 0 saturated heterocycles. The van der Waals surface area contributed by atoms with Gasteiger partial charge in [-0.1, -0.05) is 69.7 Å². The van der Waals surface area contributed by atoms with E-state index < -0.39 is 22.0 Å². The molecule has 208 valence electrons. The van der Waals surface area contributed by atoms with Crippen LogP contribution in [0.3, 0.4) is 0 Å². The van der Waals surface area contributed by atoms with Gasteiger partial charge in [-0.25, -0.2) is 17.9 Å². The van der Waals surface area contributed by atoms with Crippen molar-refractivity contribution in [3.63, 3.8) is 0 Å². The second-order valence-electron chi connectivity index (χ2n) is 10.6. The lowest BCUT2D eigenvalue weighted by atomic mass is 9.98. The van der Waals surface area contributed by atoms with Crippen LogP contribution in [0.5, 0.6) is 0 Å². The number of rotatable bonds is 10. The molecule has 3 N–H and O–H groups in total. The predicted octanol–water partition coefficient (Wildman–Crippen LogP) is 6.11. The number of nitrogens with one attached hydrogen (secondary N) is 3. The standard InChI is InChI=1S/C30H38N4O4S/c1-20(2)18-34(19-21(3)4)28-16-13-23(25-9-7-8-10-26(25)29(35)33-39(6,37)38)17-27(28)32-30(36)31-24-14-11-22(5)12-15-24/h7-17,20-21H,18-19H2,1-6H3,(H,33,35)(H2,31,32,36). The molecule has 0 aliphatic heterocycles. The van der Waals surface area contributed by atoms with Gasteiger partial charge in [-0.2, -0.15) is 0 Å². The van der Waals surface area contributed by atoms with E-state index in [0.717, 1.165) is 30.6 Å². The van der Waals surface area contributed by atoms with Gasteiger partial charge in [0.05, 0.1) is 17.6 Å². The monoisotopic (exact) mass is 550 g/mol. The summed E-state index contributed by atoms with van der Waals surface area (Å²) in [6.07, 6.45) is 0.940. The van der Waals surface area contributed by atoms with Gasteiger partial charge in [0.15, 0.2) is 0 Å². The highest BCUT2D eigenvalue weighted by atomic mass is 32.2. The number of hydrogen-bond donors (Lipinski definition) is 3. The molecule has 0 fully saturated rings. The number of benzene rings is 3. The van der Waals surface area contributed by atoms with Crippen molar-refractivity contribution in [1.82, 2.24) is 4.72 Å². The molecule has 0 saturated carbocycles. The van der Waals surface area contributed by atoms with E-state index in [1.807, 2.05) is 54.1 Å². The Balaban J connectivity index is 2.06. The Morgan fingerprint density at radius 1 is 0.846 bits per heavy atom. The summed E-state index contributed by atoms with van der Waals surface area (Å²) in [5.41, 5.74) is 4.62. The number of urea groups is 1. The van der Waals surface area contributed by atoms with Crippen LogP contribution in [0.2, 0.25) is 0 Å². The molecule has 39 heavy (non-hydrogen) atoms. The fraction of sp³-hybridized carbons (Fsp3) is 0.333. The van der Waals surface area contributed by atoms with Gasteiger partial charge in [-0.15, -0.1) is 0 Å². The van der Waals surface area contributed by atoms with Crippen molar-refractivity contribution in [2.45, 2.75) is 34.6 Å². The van der Waals surface area contributed by atoms with Gasteiger partial charge in [0.2, 0.25) is 10.0 Å². The number of anilines is 3. The molecule has 3 rings (SSSR count). The third-order valence-electron chi connectivity index (χ3n) is 5.83. The smallest absolute Gasteiger partial charge is 0.323 e. The summed E-state index contributed by atoms with van der Waals surface area (Å²) in [5, 5.41) is 5.89. The first-order valence-electron chi connectivity index (χ1n) is 13.0.